The van der Waals surface area contributed by atoms with Crippen LogP contribution in [0, 0.1) is 6.92 Å². The van der Waals surface area contributed by atoms with Gasteiger partial charge in [0.05, 0.1) is 6.54 Å². The summed E-state index contributed by atoms with van der Waals surface area (Å²) in [6, 6.07) is 7.55. The summed E-state index contributed by atoms with van der Waals surface area (Å²) in [4.78, 5) is 13.0. The normalized spacial score (nSPS) is 14.4. The van der Waals surface area contributed by atoms with Gasteiger partial charge in [-0.2, -0.15) is 9.61 Å². The third-order valence-electron chi connectivity index (χ3n) is 3.79. The minimum absolute atomic E-state index is 0.0773. The maximum absolute atomic E-state index is 12.2. The number of carbonyl (C=O) groups excluding carboxylic acids is 1. The van der Waals surface area contributed by atoms with E-state index < -0.39 is 0 Å². The predicted octanol–water partition coefficient (Wildman–Crippen LogP) is 2.30. The Kier molecular flexibility index (Phi) is 3.15. The number of hydrogen-bond acceptors (Lipinski definition) is 5. The molecule has 4 rings (SSSR count). The van der Waals surface area contributed by atoms with Crippen LogP contribution < -0.4 is 5.32 Å². The number of rotatable bonds is 4. The zero-order valence-corrected chi connectivity index (χ0v) is 12.9. The van der Waals surface area contributed by atoms with Gasteiger partial charge >= 0.3 is 0 Å². The summed E-state index contributed by atoms with van der Waals surface area (Å²) in [5.41, 5.74) is 1.67. The molecule has 7 heteroatoms. The molecule has 1 aliphatic carbocycles. The van der Waals surface area contributed by atoms with Gasteiger partial charge in [-0.25, -0.2) is 0 Å². The number of aromatic nitrogens is 4. The van der Waals surface area contributed by atoms with E-state index in [0.29, 0.717) is 18.0 Å². The molecule has 0 saturated heterocycles. The summed E-state index contributed by atoms with van der Waals surface area (Å²) in [5.74, 6) is 1.38. The molecule has 0 aliphatic heterocycles. The third-order valence-corrected chi connectivity index (χ3v) is 4.69. The molecule has 1 amide bonds. The molecule has 1 N–H and O–H groups in total. The molecule has 6 nitrogen and oxygen atoms in total. The molecular weight excluding hydrogens is 298 g/mol. The van der Waals surface area contributed by atoms with Crippen molar-refractivity contribution in [3.05, 3.63) is 46.2 Å². The van der Waals surface area contributed by atoms with E-state index in [0.717, 1.165) is 34.2 Å². The average molecular weight is 313 g/mol. The van der Waals surface area contributed by atoms with Gasteiger partial charge < -0.3 is 5.32 Å². The van der Waals surface area contributed by atoms with Crippen LogP contribution in [0.1, 0.15) is 45.5 Å². The van der Waals surface area contributed by atoms with Crippen molar-refractivity contribution in [1.82, 2.24) is 25.1 Å². The van der Waals surface area contributed by atoms with Gasteiger partial charge in [0.2, 0.25) is 4.96 Å². The van der Waals surface area contributed by atoms with Crippen molar-refractivity contribution in [2.75, 3.05) is 0 Å². The lowest BCUT2D eigenvalue weighted by Gasteiger charge is -2.05. The maximum Gasteiger partial charge on any atom is 0.251 e. The first-order valence-electron chi connectivity index (χ1n) is 7.27. The second kappa shape index (κ2) is 5.17. The van der Waals surface area contributed by atoms with Gasteiger partial charge in [0.25, 0.3) is 5.91 Å². The Morgan fingerprint density at radius 2 is 2.18 bits per heavy atom. The molecule has 22 heavy (non-hydrogen) atoms. The summed E-state index contributed by atoms with van der Waals surface area (Å²) in [7, 11) is 0. The molecular formula is C15H15N5OS. The highest BCUT2D eigenvalue weighted by Gasteiger charge is 2.30. The fraction of sp³-hybridized carbons (Fsp3) is 0.333. The van der Waals surface area contributed by atoms with Crippen molar-refractivity contribution in [2.24, 2.45) is 0 Å². The Morgan fingerprint density at radius 3 is 2.95 bits per heavy atom. The molecule has 0 bridgehead atoms. The standard InChI is InChI=1S/C15H15N5OS/c1-9-4-2-3-5-11(9)14(21)16-8-12-19-20-13(10-6-7-10)17-18-15(20)22-12/h2-5,10H,6-8H2,1H3,(H,16,21). The number of nitrogens with zero attached hydrogens (tertiary/aromatic N) is 4. The monoisotopic (exact) mass is 313 g/mol. The highest BCUT2D eigenvalue weighted by molar-refractivity contribution is 7.16. The van der Waals surface area contributed by atoms with E-state index in [2.05, 4.69) is 20.6 Å². The van der Waals surface area contributed by atoms with Crippen LogP contribution in [0.4, 0.5) is 0 Å². The van der Waals surface area contributed by atoms with Gasteiger partial charge in [-0.15, -0.1) is 10.2 Å². The fourth-order valence-corrected chi connectivity index (χ4v) is 3.20. The fourth-order valence-electron chi connectivity index (χ4n) is 2.42. The molecule has 3 aromatic rings. The Balaban J connectivity index is 1.49. The molecule has 1 fully saturated rings. The minimum Gasteiger partial charge on any atom is -0.345 e. The lowest BCUT2D eigenvalue weighted by Crippen LogP contribution is -2.23. The number of amides is 1. The summed E-state index contributed by atoms with van der Waals surface area (Å²) in [6.07, 6.45) is 2.33. The molecule has 1 aromatic carbocycles. The number of carbonyl (C=O) groups is 1. The largest absolute Gasteiger partial charge is 0.345 e. The number of fused-ring (bicyclic) bond motifs is 1. The predicted molar refractivity (Wildman–Crippen MR) is 83.0 cm³/mol. The van der Waals surface area contributed by atoms with Gasteiger partial charge in [0.15, 0.2) is 5.82 Å². The van der Waals surface area contributed by atoms with E-state index in [1.807, 2.05) is 35.7 Å². The second-order valence-electron chi connectivity index (χ2n) is 5.52. The number of hydrogen-bond donors (Lipinski definition) is 1. The van der Waals surface area contributed by atoms with E-state index in [1.54, 1.807) is 0 Å². The zero-order chi connectivity index (χ0) is 15.1. The molecule has 2 heterocycles. The molecule has 0 spiro atoms. The number of benzene rings is 1. The first-order valence-corrected chi connectivity index (χ1v) is 8.09. The zero-order valence-electron chi connectivity index (χ0n) is 12.1. The Bertz CT molecular complexity index is 849. The van der Waals surface area contributed by atoms with E-state index in [4.69, 9.17) is 0 Å². The Morgan fingerprint density at radius 1 is 1.36 bits per heavy atom. The lowest BCUT2D eigenvalue weighted by atomic mass is 10.1. The SMILES string of the molecule is Cc1ccccc1C(=O)NCc1nn2c(C3CC3)nnc2s1. The minimum atomic E-state index is -0.0773. The molecule has 2 aromatic heterocycles. The van der Waals surface area contributed by atoms with Crippen molar-refractivity contribution in [3.63, 3.8) is 0 Å². The van der Waals surface area contributed by atoms with Crippen LogP contribution in [0.3, 0.4) is 0 Å². The average Bonchev–Trinajstić information content (AvgIpc) is 3.15. The quantitative estimate of drug-likeness (QED) is 0.802. The first-order chi connectivity index (χ1) is 10.7. The van der Waals surface area contributed by atoms with E-state index in [1.165, 1.54) is 11.3 Å². The van der Waals surface area contributed by atoms with Gasteiger partial charge in [0.1, 0.15) is 5.01 Å². The maximum atomic E-state index is 12.2. The van der Waals surface area contributed by atoms with Crippen molar-refractivity contribution in [1.29, 1.82) is 0 Å². The topological polar surface area (TPSA) is 72.2 Å². The molecule has 1 saturated carbocycles. The number of nitrogens with one attached hydrogen (secondary N) is 1. The molecule has 112 valence electrons. The van der Waals surface area contributed by atoms with Gasteiger partial charge in [-0.05, 0) is 31.4 Å². The van der Waals surface area contributed by atoms with Crippen LogP contribution in [-0.2, 0) is 6.54 Å². The Labute approximate surface area is 131 Å². The van der Waals surface area contributed by atoms with E-state index in [9.17, 15) is 4.79 Å². The van der Waals surface area contributed by atoms with Crippen LogP contribution in [0.15, 0.2) is 24.3 Å². The van der Waals surface area contributed by atoms with Crippen LogP contribution in [0.5, 0.6) is 0 Å². The summed E-state index contributed by atoms with van der Waals surface area (Å²) >= 11 is 1.47. The van der Waals surface area contributed by atoms with Gasteiger partial charge in [-0.3, -0.25) is 4.79 Å². The molecule has 1 aliphatic rings. The van der Waals surface area contributed by atoms with Gasteiger partial charge in [0, 0.05) is 11.5 Å². The third kappa shape index (κ3) is 2.37. The van der Waals surface area contributed by atoms with Crippen LogP contribution >= 0.6 is 11.3 Å². The van der Waals surface area contributed by atoms with Crippen molar-refractivity contribution in [3.8, 4) is 0 Å². The first kappa shape index (κ1) is 13.4. The summed E-state index contributed by atoms with van der Waals surface area (Å²) < 4.78 is 1.82. The highest BCUT2D eigenvalue weighted by Crippen LogP contribution is 2.39. The lowest BCUT2D eigenvalue weighted by molar-refractivity contribution is 0.0950. The van der Waals surface area contributed by atoms with Crippen molar-refractivity contribution < 1.29 is 4.79 Å². The van der Waals surface area contributed by atoms with Crippen molar-refractivity contribution >= 4 is 22.2 Å². The van der Waals surface area contributed by atoms with E-state index in [-0.39, 0.29) is 5.91 Å². The van der Waals surface area contributed by atoms with E-state index >= 15 is 0 Å². The number of aryl methyl sites for hydroxylation is 1. The van der Waals surface area contributed by atoms with Gasteiger partial charge in [-0.1, -0.05) is 29.5 Å². The van der Waals surface area contributed by atoms with Crippen LogP contribution in [0.25, 0.3) is 4.96 Å². The summed E-state index contributed by atoms with van der Waals surface area (Å²) in [6.45, 7) is 2.34. The molecule has 0 radical (unpaired) electrons. The van der Waals surface area contributed by atoms with Crippen LogP contribution in [0.2, 0.25) is 0 Å². The Hall–Kier alpha value is -2.28. The smallest absolute Gasteiger partial charge is 0.251 e. The highest BCUT2D eigenvalue weighted by atomic mass is 32.1. The summed E-state index contributed by atoms with van der Waals surface area (Å²) in [5, 5.41) is 16.6. The second-order valence-corrected chi connectivity index (χ2v) is 6.56. The molecule has 0 atom stereocenters. The van der Waals surface area contributed by atoms with Crippen molar-refractivity contribution in [2.45, 2.75) is 32.2 Å². The van der Waals surface area contributed by atoms with Crippen LogP contribution in [-0.4, -0.2) is 25.7 Å². The molecule has 0 unspecified atom stereocenters.